The minimum Gasteiger partial charge on any atom is -0.503 e. The lowest BCUT2D eigenvalue weighted by Crippen LogP contribution is -1.84. The Labute approximate surface area is 81.7 Å². The third kappa shape index (κ3) is 1.40. The van der Waals surface area contributed by atoms with Crippen molar-refractivity contribution in [3.63, 3.8) is 0 Å². The normalized spacial score (nSPS) is 9.83. The van der Waals surface area contributed by atoms with E-state index in [9.17, 15) is 4.79 Å². The Morgan fingerprint density at radius 1 is 1.42 bits per heavy atom. The molecule has 12 heavy (non-hydrogen) atoms. The quantitative estimate of drug-likeness (QED) is 0.595. The van der Waals surface area contributed by atoms with Crippen molar-refractivity contribution >= 4 is 33.8 Å². The fraction of sp³-hybridized carbons (Fsp3) is 0. The van der Waals surface area contributed by atoms with Crippen molar-refractivity contribution in [2.75, 3.05) is 0 Å². The van der Waals surface area contributed by atoms with Gasteiger partial charge in [0.1, 0.15) is 0 Å². The van der Waals surface area contributed by atoms with Crippen LogP contribution in [0.15, 0.2) is 10.5 Å². The van der Waals surface area contributed by atoms with Gasteiger partial charge in [-0.25, -0.2) is 0 Å². The molecular weight excluding hydrogens is 247 g/mol. The first kappa shape index (κ1) is 9.35. The van der Waals surface area contributed by atoms with E-state index in [2.05, 4.69) is 15.9 Å². The van der Waals surface area contributed by atoms with Crippen LogP contribution in [0.25, 0.3) is 0 Å². The predicted molar refractivity (Wildman–Crippen MR) is 47.9 cm³/mol. The molecule has 0 amide bonds. The van der Waals surface area contributed by atoms with Gasteiger partial charge in [-0.3, -0.25) is 4.79 Å². The van der Waals surface area contributed by atoms with Crippen LogP contribution in [-0.2, 0) is 0 Å². The van der Waals surface area contributed by atoms with Gasteiger partial charge < -0.3 is 10.2 Å². The summed E-state index contributed by atoms with van der Waals surface area (Å²) in [7, 11) is 0. The first-order chi connectivity index (χ1) is 5.57. The van der Waals surface area contributed by atoms with Crippen molar-refractivity contribution in [2.24, 2.45) is 0 Å². The van der Waals surface area contributed by atoms with Crippen LogP contribution in [0.3, 0.4) is 0 Å². The second-order valence-electron chi connectivity index (χ2n) is 2.08. The lowest BCUT2D eigenvalue weighted by Gasteiger charge is -2.04. The molecule has 0 aliphatic heterocycles. The number of halogens is 2. The molecule has 0 unspecified atom stereocenters. The second-order valence-corrected chi connectivity index (χ2v) is 3.28. The maximum Gasteiger partial charge on any atom is 0.177 e. The highest BCUT2D eigenvalue weighted by Gasteiger charge is 2.13. The van der Waals surface area contributed by atoms with Crippen LogP contribution in [0.4, 0.5) is 0 Å². The van der Waals surface area contributed by atoms with E-state index in [1.54, 1.807) is 0 Å². The standard InChI is InChI=1S/C7H4BrClO3/c8-5-3(2-10)1-4(9)6(11)7(5)12/h1-2,11-12H. The van der Waals surface area contributed by atoms with Crippen LogP contribution in [0.2, 0.25) is 5.02 Å². The largest absolute Gasteiger partial charge is 0.503 e. The zero-order chi connectivity index (χ0) is 9.30. The Morgan fingerprint density at radius 3 is 2.50 bits per heavy atom. The molecule has 64 valence electrons. The second kappa shape index (κ2) is 3.33. The van der Waals surface area contributed by atoms with Gasteiger partial charge in [0.2, 0.25) is 0 Å². The van der Waals surface area contributed by atoms with E-state index < -0.39 is 11.5 Å². The minimum absolute atomic E-state index is 0.0576. The molecule has 0 atom stereocenters. The van der Waals surface area contributed by atoms with Crippen LogP contribution in [-0.4, -0.2) is 16.5 Å². The molecule has 0 bridgehead atoms. The lowest BCUT2D eigenvalue weighted by molar-refractivity contribution is 0.112. The fourth-order valence-electron chi connectivity index (χ4n) is 0.708. The van der Waals surface area contributed by atoms with Crippen molar-refractivity contribution in [3.8, 4) is 11.5 Å². The molecule has 0 aliphatic rings. The number of carbonyl (C=O) groups excluding carboxylic acids is 1. The summed E-state index contributed by atoms with van der Waals surface area (Å²) in [6.07, 6.45) is 0.523. The minimum atomic E-state index is -0.436. The van der Waals surface area contributed by atoms with Gasteiger partial charge in [-0.1, -0.05) is 11.6 Å². The van der Waals surface area contributed by atoms with Gasteiger partial charge in [-0.05, 0) is 22.0 Å². The summed E-state index contributed by atoms with van der Waals surface area (Å²) in [6, 6.07) is 1.26. The SMILES string of the molecule is O=Cc1cc(Cl)c(O)c(O)c1Br. The summed E-state index contributed by atoms with van der Waals surface area (Å²) in [6.45, 7) is 0. The van der Waals surface area contributed by atoms with Crippen molar-refractivity contribution < 1.29 is 15.0 Å². The average molecular weight is 251 g/mol. The first-order valence-electron chi connectivity index (χ1n) is 2.93. The monoisotopic (exact) mass is 250 g/mol. The Hall–Kier alpha value is -0.740. The van der Waals surface area contributed by atoms with E-state index in [1.165, 1.54) is 6.07 Å². The molecular formula is C7H4BrClO3. The number of benzene rings is 1. The van der Waals surface area contributed by atoms with E-state index in [0.29, 0.717) is 6.29 Å². The summed E-state index contributed by atoms with van der Waals surface area (Å²) in [4.78, 5) is 10.4. The molecule has 0 aliphatic carbocycles. The van der Waals surface area contributed by atoms with Gasteiger partial charge in [0.15, 0.2) is 17.8 Å². The van der Waals surface area contributed by atoms with E-state index in [1.807, 2.05) is 0 Å². The summed E-state index contributed by atoms with van der Waals surface area (Å²) in [5, 5.41) is 18.2. The summed E-state index contributed by atoms with van der Waals surface area (Å²) in [5.74, 6) is -0.862. The van der Waals surface area contributed by atoms with Crippen molar-refractivity contribution in [1.29, 1.82) is 0 Å². The molecule has 0 radical (unpaired) electrons. The van der Waals surface area contributed by atoms with E-state index in [4.69, 9.17) is 21.8 Å². The number of phenolic OH excluding ortho intramolecular Hbond substituents is 2. The molecule has 1 aromatic rings. The maximum atomic E-state index is 10.4. The van der Waals surface area contributed by atoms with Gasteiger partial charge >= 0.3 is 0 Å². The first-order valence-corrected chi connectivity index (χ1v) is 4.10. The van der Waals surface area contributed by atoms with E-state index in [0.717, 1.165) is 0 Å². The molecule has 1 rings (SSSR count). The lowest BCUT2D eigenvalue weighted by atomic mass is 10.2. The summed E-state index contributed by atoms with van der Waals surface area (Å²) >= 11 is 8.41. The highest BCUT2D eigenvalue weighted by molar-refractivity contribution is 9.10. The highest BCUT2D eigenvalue weighted by atomic mass is 79.9. The Kier molecular flexibility index (Phi) is 2.59. The molecule has 3 nitrogen and oxygen atoms in total. The Balaban J connectivity index is 3.49. The number of rotatable bonds is 1. The maximum absolute atomic E-state index is 10.4. The number of phenols is 2. The van der Waals surface area contributed by atoms with Crippen LogP contribution in [0.1, 0.15) is 10.4 Å². The van der Waals surface area contributed by atoms with Crippen LogP contribution in [0.5, 0.6) is 11.5 Å². The smallest absolute Gasteiger partial charge is 0.177 e. The molecule has 0 spiro atoms. The summed E-state index contributed by atoms with van der Waals surface area (Å²) in [5.41, 5.74) is 0.190. The average Bonchev–Trinajstić information content (AvgIpc) is 2.08. The number of aldehydes is 1. The molecule has 5 heteroatoms. The molecule has 0 heterocycles. The third-order valence-electron chi connectivity index (χ3n) is 1.32. The van der Waals surface area contributed by atoms with Crippen molar-refractivity contribution in [3.05, 3.63) is 21.1 Å². The third-order valence-corrected chi connectivity index (χ3v) is 2.44. The van der Waals surface area contributed by atoms with Gasteiger partial charge in [0.25, 0.3) is 0 Å². The molecule has 1 aromatic carbocycles. The van der Waals surface area contributed by atoms with Crippen LogP contribution in [0, 0.1) is 0 Å². The number of hydrogen-bond donors (Lipinski definition) is 2. The van der Waals surface area contributed by atoms with Crippen LogP contribution >= 0.6 is 27.5 Å². The zero-order valence-electron chi connectivity index (χ0n) is 5.71. The van der Waals surface area contributed by atoms with E-state index >= 15 is 0 Å². The molecule has 2 N–H and O–H groups in total. The van der Waals surface area contributed by atoms with Crippen LogP contribution < -0.4 is 0 Å². The fourth-order valence-corrected chi connectivity index (χ4v) is 1.31. The summed E-state index contributed by atoms with van der Waals surface area (Å²) < 4.78 is 0.138. The van der Waals surface area contributed by atoms with Gasteiger partial charge in [-0.2, -0.15) is 0 Å². The van der Waals surface area contributed by atoms with Gasteiger partial charge in [-0.15, -0.1) is 0 Å². The number of hydrogen-bond acceptors (Lipinski definition) is 3. The van der Waals surface area contributed by atoms with E-state index in [-0.39, 0.29) is 15.1 Å². The highest BCUT2D eigenvalue weighted by Crippen LogP contribution is 2.40. The molecule has 0 saturated carbocycles. The number of carbonyl (C=O) groups is 1. The zero-order valence-corrected chi connectivity index (χ0v) is 8.06. The van der Waals surface area contributed by atoms with Crippen molar-refractivity contribution in [1.82, 2.24) is 0 Å². The molecule has 0 aromatic heterocycles. The van der Waals surface area contributed by atoms with Gasteiger partial charge in [0, 0.05) is 5.56 Å². The van der Waals surface area contributed by atoms with Gasteiger partial charge in [0.05, 0.1) is 9.50 Å². The molecule has 0 saturated heterocycles. The molecule has 0 fully saturated rings. The Bertz CT molecular complexity index is 338. The Morgan fingerprint density at radius 2 is 2.00 bits per heavy atom. The predicted octanol–water partition coefficient (Wildman–Crippen LogP) is 2.33. The number of aromatic hydroxyl groups is 2. The topological polar surface area (TPSA) is 57.5 Å². The van der Waals surface area contributed by atoms with Crippen molar-refractivity contribution in [2.45, 2.75) is 0 Å².